The zero-order valence-corrected chi connectivity index (χ0v) is 10.3. The molecule has 1 N–H and O–H groups in total. The van der Waals surface area contributed by atoms with Crippen molar-refractivity contribution in [2.45, 2.75) is 6.92 Å². The first-order chi connectivity index (χ1) is 9.11. The highest BCUT2D eigenvalue weighted by Gasteiger charge is 2.23. The molecule has 2 aromatic rings. The van der Waals surface area contributed by atoms with Gasteiger partial charge in [0.05, 0.1) is 11.5 Å². The minimum absolute atomic E-state index is 0.0940. The maximum Gasteiger partial charge on any atom is 0.409 e. The number of hydrogen-bond acceptors (Lipinski definition) is 4. The third kappa shape index (κ3) is 2.79. The van der Waals surface area contributed by atoms with E-state index in [0.29, 0.717) is 5.69 Å². The van der Waals surface area contributed by atoms with Crippen molar-refractivity contribution in [3.05, 3.63) is 51.8 Å². The van der Waals surface area contributed by atoms with Crippen LogP contribution in [0, 0.1) is 10.1 Å². The molecule has 0 saturated heterocycles. The van der Waals surface area contributed by atoms with Crippen molar-refractivity contribution in [2.24, 2.45) is 0 Å². The molecule has 2 rings (SSSR count). The van der Waals surface area contributed by atoms with Crippen molar-refractivity contribution < 1.29 is 14.5 Å². The second-order valence-electron chi connectivity index (χ2n) is 3.82. The standard InChI is InChI=1S/C13H12N2O4/c1-2-19-13(16)12(15(17)18)8-10-7-9-5-3-4-6-11(9)14-10/h3-8,14H,2H2,1H3. The summed E-state index contributed by atoms with van der Waals surface area (Å²) in [5.41, 5.74) is 0.745. The number of nitrogens with one attached hydrogen (secondary N) is 1. The Morgan fingerprint density at radius 1 is 1.47 bits per heavy atom. The molecule has 0 aliphatic rings. The number of rotatable bonds is 4. The molecule has 19 heavy (non-hydrogen) atoms. The largest absolute Gasteiger partial charge is 0.458 e. The van der Waals surface area contributed by atoms with Gasteiger partial charge in [-0.1, -0.05) is 18.2 Å². The fourth-order valence-corrected chi connectivity index (χ4v) is 1.71. The maximum atomic E-state index is 11.5. The van der Waals surface area contributed by atoms with E-state index in [0.717, 1.165) is 10.9 Å². The Bertz CT molecular complexity index is 624. The summed E-state index contributed by atoms with van der Waals surface area (Å²) in [6.45, 7) is 1.69. The zero-order chi connectivity index (χ0) is 13.8. The number of esters is 1. The molecule has 1 aromatic carbocycles. The van der Waals surface area contributed by atoms with Crippen LogP contribution < -0.4 is 0 Å². The van der Waals surface area contributed by atoms with Crippen LogP contribution in [0.25, 0.3) is 17.0 Å². The first kappa shape index (κ1) is 12.8. The first-order valence-corrected chi connectivity index (χ1v) is 5.72. The number of nitrogens with zero attached hydrogens (tertiary/aromatic N) is 1. The number of aromatic amines is 1. The molecular weight excluding hydrogens is 248 g/mol. The van der Waals surface area contributed by atoms with Crippen molar-refractivity contribution in [1.29, 1.82) is 0 Å². The van der Waals surface area contributed by atoms with Gasteiger partial charge in [0.15, 0.2) is 0 Å². The van der Waals surface area contributed by atoms with E-state index in [1.54, 1.807) is 13.0 Å². The molecule has 6 nitrogen and oxygen atoms in total. The highest BCUT2D eigenvalue weighted by atomic mass is 16.6. The molecule has 98 valence electrons. The second-order valence-corrected chi connectivity index (χ2v) is 3.82. The molecule has 0 spiro atoms. The number of aromatic nitrogens is 1. The van der Waals surface area contributed by atoms with Crippen LogP contribution in [-0.2, 0) is 9.53 Å². The van der Waals surface area contributed by atoms with Gasteiger partial charge in [0, 0.05) is 17.3 Å². The number of fused-ring (bicyclic) bond motifs is 1. The summed E-state index contributed by atoms with van der Waals surface area (Å²) in [7, 11) is 0. The number of hydrogen-bond donors (Lipinski definition) is 1. The lowest BCUT2D eigenvalue weighted by molar-refractivity contribution is -0.419. The van der Waals surface area contributed by atoms with Gasteiger partial charge in [-0.25, -0.2) is 4.79 Å². The number of benzene rings is 1. The van der Waals surface area contributed by atoms with Gasteiger partial charge < -0.3 is 9.72 Å². The Labute approximate surface area is 108 Å². The summed E-state index contributed by atoms with van der Waals surface area (Å²) in [6.07, 6.45) is 1.18. The van der Waals surface area contributed by atoms with Crippen LogP contribution in [0.4, 0.5) is 0 Å². The minimum atomic E-state index is -0.939. The molecule has 0 aliphatic carbocycles. The Hall–Kier alpha value is -2.63. The molecule has 0 amide bonds. The molecule has 0 unspecified atom stereocenters. The minimum Gasteiger partial charge on any atom is -0.458 e. The average molecular weight is 260 g/mol. The van der Waals surface area contributed by atoms with Gasteiger partial charge in [-0.15, -0.1) is 0 Å². The van der Waals surface area contributed by atoms with E-state index in [2.05, 4.69) is 9.72 Å². The van der Waals surface area contributed by atoms with Crippen LogP contribution in [0.5, 0.6) is 0 Å². The molecular formula is C13H12N2O4. The number of nitro groups is 1. The lowest BCUT2D eigenvalue weighted by Crippen LogP contribution is -2.14. The molecule has 0 aliphatic heterocycles. The molecule has 0 bridgehead atoms. The van der Waals surface area contributed by atoms with Gasteiger partial charge in [0.2, 0.25) is 0 Å². The van der Waals surface area contributed by atoms with E-state index in [4.69, 9.17) is 0 Å². The SMILES string of the molecule is CCOC(=O)C(=Cc1cc2ccccc2[nH]1)[N+](=O)[O-]. The quantitative estimate of drug-likeness (QED) is 0.395. The van der Waals surface area contributed by atoms with E-state index < -0.39 is 16.6 Å². The number of ether oxygens (including phenoxy) is 1. The molecule has 1 heterocycles. The number of para-hydroxylation sites is 1. The lowest BCUT2D eigenvalue weighted by Gasteiger charge is -1.98. The van der Waals surface area contributed by atoms with Crippen molar-refractivity contribution >= 4 is 22.9 Å². The van der Waals surface area contributed by atoms with Crippen molar-refractivity contribution in [2.75, 3.05) is 6.61 Å². The molecule has 0 fully saturated rings. The normalized spacial score (nSPS) is 11.5. The average Bonchev–Trinajstić information content (AvgIpc) is 2.78. The molecule has 6 heteroatoms. The number of H-pyrrole nitrogens is 1. The fraction of sp³-hybridized carbons (Fsp3) is 0.154. The van der Waals surface area contributed by atoms with Crippen molar-refractivity contribution in [1.82, 2.24) is 4.98 Å². The van der Waals surface area contributed by atoms with E-state index >= 15 is 0 Å². The van der Waals surface area contributed by atoms with E-state index in [1.807, 2.05) is 24.3 Å². The summed E-state index contributed by atoms with van der Waals surface area (Å²) in [5, 5.41) is 11.8. The highest BCUT2D eigenvalue weighted by molar-refractivity contribution is 5.92. The van der Waals surface area contributed by atoms with Crippen LogP contribution >= 0.6 is 0 Å². The third-order valence-corrected chi connectivity index (χ3v) is 2.52. The van der Waals surface area contributed by atoms with Gasteiger partial charge in [0.25, 0.3) is 0 Å². The Balaban J connectivity index is 2.40. The highest BCUT2D eigenvalue weighted by Crippen LogP contribution is 2.17. The first-order valence-electron chi connectivity index (χ1n) is 5.72. The van der Waals surface area contributed by atoms with E-state index in [-0.39, 0.29) is 6.61 Å². The Morgan fingerprint density at radius 2 is 2.21 bits per heavy atom. The van der Waals surface area contributed by atoms with Crippen LogP contribution in [0.1, 0.15) is 12.6 Å². The third-order valence-electron chi connectivity index (χ3n) is 2.52. The molecule has 1 aromatic heterocycles. The molecule has 0 atom stereocenters. The summed E-state index contributed by atoms with van der Waals surface area (Å²) in [6, 6.07) is 9.18. The summed E-state index contributed by atoms with van der Waals surface area (Å²) >= 11 is 0. The molecule has 0 radical (unpaired) electrons. The maximum absolute atomic E-state index is 11.5. The number of carbonyl (C=O) groups excluding carboxylic acids is 1. The van der Waals surface area contributed by atoms with Crippen LogP contribution in [0.3, 0.4) is 0 Å². The Kier molecular flexibility index (Phi) is 3.61. The van der Waals surface area contributed by atoms with Crippen LogP contribution in [0.15, 0.2) is 36.0 Å². The van der Waals surface area contributed by atoms with Gasteiger partial charge in [0.1, 0.15) is 0 Å². The van der Waals surface area contributed by atoms with Gasteiger partial charge in [-0.3, -0.25) is 10.1 Å². The number of carbonyl (C=O) groups is 1. The van der Waals surface area contributed by atoms with Crippen LogP contribution in [0.2, 0.25) is 0 Å². The molecule has 0 saturated carbocycles. The fourth-order valence-electron chi connectivity index (χ4n) is 1.71. The monoisotopic (exact) mass is 260 g/mol. The predicted octanol–water partition coefficient (Wildman–Crippen LogP) is 2.35. The topological polar surface area (TPSA) is 85.2 Å². The predicted molar refractivity (Wildman–Crippen MR) is 69.9 cm³/mol. The van der Waals surface area contributed by atoms with Crippen LogP contribution in [-0.4, -0.2) is 22.5 Å². The van der Waals surface area contributed by atoms with Crippen molar-refractivity contribution in [3.8, 4) is 0 Å². The van der Waals surface area contributed by atoms with Gasteiger partial charge >= 0.3 is 11.7 Å². The lowest BCUT2D eigenvalue weighted by atomic mass is 10.2. The zero-order valence-electron chi connectivity index (χ0n) is 10.3. The van der Waals surface area contributed by atoms with E-state index in [9.17, 15) is 14.9 Å². The summed E-state index contributed by atoms with van der Waals surface area (Å²) in [5.74, 6) is -0.939. The summed E-state index contributed by atoms with van der Waals surface area (Å²) in [4.78, 5) is 24.6. The van der Waals surface area contributed by atoms with Gasteiger partial charge in [-0.05, 0) is 24.4 Å². The smallest absolute Gasteiger partial charge is 0.409 e. The second kappa shape index (κ2) is 5.34. The summed E-state index contributed by atoms with van der Waals surface area (Å²) < 4.78 is 4.65. The van der Waals surface area contributed by atoms with Crippen molar-refractivity contribution in [3.63, 3.8) is 0 Å². The Morgan fingerprint density at radius 3 is 2.84 bits per heavy atom. The van der Waals surface area contributed by atoms with E-state index in [1.165, 1.54) is 6.08 Å². The van der Waals surface area contributed by atoms with Gasteiger partial charge in [-0.2, -0.15) is 0 Å².